The highest BCUT2D eigenvalue weighted by molar-refractivity contribution is 7.89. The molecule has 1 saturated heterocycles. The Bertz CT molecular complexity index is 922. The van der Waals surface area contributed by atoms with Gasteiger partial charge in [-0.1, -0.05) is 23.7 Å². The van der Waals surface area contributed by atoms with E-state index in [4.69, 9.17) is 16.3 Å². The van der Waals surface area contributed by atoms with Gasteiger partial charge in [0.25, 0.3) is 0 Å². The van der Waals surface area contributed by atoms with Crippen LogP contribution in [0, 0.1) is 5.92 Å². The summed E-state index contributed by atoms with van der Waals surface area (Å²) in [5.41, 5.74) is 1.00. The van der Waals surface area contributed by atoms with Crippen molar-refractivity contribution in [1.82, 2.24) is 9.62 Å². The average Bonchev–Trinajstić information content (AvgIpc) is 2.73. The first-order valence-electron chi connectivity index (χ1n) is 9.54. The van der Waals surface area contributed by atoms with Crippen molar-refractivity contribution in [1.29, 1.82) is 0 Å². The number of piperidine rings is 1. The molecular weight excluding hydrogens is 412 g/mol. The van der Waals surface area contributed by atoms with Crippen molar-refractivity contribution >= 4 is 27.5 Å². The first-order valence-corrected chi connectivity index (χ1v) is 11.4. The number of hydrogen-bond donors (Lipinski definition) is 1. The molecule has 8 heteroatoms. The molecule has 0 aromatic heterocycles. The Hall–Kier alpha value is -2.09. The molecule has 29 heavy (non-hydrogen) atoms. The molecule has 1 aliphatic rings. The van der Waals surface area contributed by atoms with Gasteiger partial charge in [-0.15, -0.1) is 0 Å². The van der Waals surface area contributed by atoms with Gasteiger partial charge in [0.05, 0.1) is 12.0 Å². The minimum atomic E-state index is -3.52. The van der Waals surface area contributed by atoms with Gasteiger partial charge >= 0.3 is 0 Å². The van der Waals surface area contributed by atoms with Crippen LogP contribution in [0.3, 0.4) is 0 Å². The Labute approximate surface area is 176 Å². The number of methoxy groups -OCH3 is 1. The fourth-order valence-electron chi connectivity index (χ4n) is 3.39. The number of carbonyl (C=O) groups excluding carboxylic acids is 1. The van der Waals surface area contributed by atoms with Crippen LogP contribution in [0.5, 0.6) is 5.75 Å². The number of nitrogens with zero attached hydrogens (tertiary/aromatic N) is 1. The van der Waals surface area contributed by atoms with E-state index in [2.05, 4.69) is 5.32 Å². The van der Waals surface area contributed by atoms with Gasteiger partial charge < -0.3 is 10.1 Å². The smallest absolute Gasteiger partial charge is 0.243 e. The summed E-state index contributed by atoms with van der Waals surface area (Å²) in [4.78, 5) is 12.5. The molecule has 156 valence electrons. The first kappa shape index (κ1) is 21.6. The third-order valence-electron chi connectivity index (χ3n) is 5.15. The van der Waals surface area contributed by atoms with E-state index in [0.29, 0.717) is 43.9 Å². The number of benzene rings is 2. The Balaban J connectivity index is 1.46. The molecule has 0 saturated carbocycles. The van der Waals surface area contributed by atoms with Crippen molar-refractivity contribution in [3.05, 3.63) is 59.1 Å². The lowest BCUT2D eigenvalue weighted by molar-refractivity contribution is -0.122. The number of amides is 1. The number of halogens is 1. The van der Waals surface area contributed by atoms with Crippen LogP contribution >= 0.6 is 11.6 Å². The number of sulfonamides is 1. The van der Waals surface area contributed by atoms with E-state index < -0.39 is 10.0 Å². The van der Waals surface area contributed by atoms with E-state index in [1.165, 1.54) is 16.4 Å². The van der Waals surface area contributed by atoms with E-state index in [-0.39, 0.29) is 16.7 Å². The van der Waals surface area contributed by atoms with Gasteiger partial charge in [-0.05, 0) is 60.7 Å². The summed E-state index contributed by atoms with van der Waals surface area (Å²) in [5.74, 6) is 0.947. The van der Waals surface area contributed by atoms with Crippen molar-refractivity contribution in [2.45, 2.75) is 30.7 Å². The van der Waals surface area contributed by atoms with Crippen LogP contribution in [0.4, 0.5) is 0 Å². The highest BCUT2D eigenvalue weighted by Gasteiger charge is 2.30. The summed E-state index contributed by atoms with van der Waals surface area (Å²) in [6.07, 6.45) is 1.75. The Morgan fingerprint density at radius 1 is 1.10 bits per heavy atom. The second-order valence-corrected chi connectivity index (χ2v) is 9.50. The van der Waals surface area contributed by atoms with Crippen molar-refractivity contribution in [2.75, 3.05) is 20.2 Å². The van der Waals surface area contributed by atoms with Gasteiger partial charge in [0, 0.05) is 31.1 Å². The van der Waals surface area contributed by atoms with Gasteiger partial charge in [0.2, 0.25) is 15.9 Å². The molecular formula is C21H25ClN2O4S. The third-order valence-corrected chi connectivity index (χ3v) is 7.31. The van der Waals surface area contributed by atoms with Crippen LogP contribution in [0.15, 0.2) is 53.4 Å². The molecule has 1 fully saturated rings. The summed E-state index contributed by atoms with van der Waals surface area (Å²) < 4.78 is 32.1. The Morgan fingerprint density at radius 2 is 1.72 bits per heavy atom. The number of nitrogens with one attached hydrogen (secondary N) is 1. The minimum absolute atomic E-state index is 0.0140. The molecule has 3 rings (SSSR count). The Morgan fingerprint density at radius 3 is 2.31 bits per heavy atom. The summed E-state index contributed by atoms with van der Waals surface area (Å²) in [5, 5.41) is 3.44. The van der Waals surface area contributed by atoms with Crippen LogP contribution in [-0.2, 0) is 21.4 Å². The Kier molecular flexibility index (Phi) is 7.16. The molecule has 1 heterocycles. The molecule has 1 N–H and O–H groups in total. The summed E-state index contributed by atoms with van der Waals surface area (Å²) in [6, 6.07) is 13.8. The lowest BCUT2D eigenvalue weighted by Gasteiger charge is -2.31. The molecule has 2 aromatic rings. The van der Waals surface area contributed by atoms with Crippen LogP contribution in [0.25, 0.3) is 0 Å². The van der Waals surface area contributed by atoms with E-state index in [0.717, 1.165) is 11.3 Å². The molecule has 0 aliphatic carbocycles. The average molecular weight is 437 g/mol. The molecule has 0 atom stereocenters. The zero-order valence-electron chi connectivity index (χ0n) is 16.3. The van der Waals surface area contributed by atoms with Crippen molar-refractivity contribution in [2.24, 2.45) is 5.92 Å². The quantitative estimate of drug-likeness (QED) is 0.721. The number of ether oxygens (including phenoxy) is 1. The largest absolute Gasteiger partial charge is 0.497 e. The van der Waals surface area contributed by atoms with Crippen molar-refractivity contribution in [3.8, 4) is 5.75 Å². The summed E-state index contributed by atoms with van der Waals surface area (Å²) >= 11 is 5.84. The van der Waals surface area contributed by atoms with Crippen LogP contribution in [0.2, 0.25) is 5.02 Å². The fraction of sp³-hybridized carbons (Fsp3) is 0.381. The van der Waals surface area contributed by atoms with E-state index in [9.17, 15) is 13.2 Å². The van der Waals surface area contributed by atoms with E-state index in [1.807, 2.05) is 24.3 Å². The van der Waals surface area contributed by atoms with Gasteiger partial charge in [-0.2, -0.15) is 4.31 Å². The van der Waals surface area contributed by atoms with Crippen LogP contribution < -0.4 is 10.1 Å². The summed E-state index contributed by atoms with van der Waals surface area (Å²) in [6.45, 7) is 1.30. The maximum Gasteiger partial charge on any atom is 0.243 e. The van der Waals surface area contributed by atoms with Gasteiger partial charge in [-0.3, -0.25) is 4.79 Å². The second-order valence-electron chi connectivity index (χ2n) is 7.13. The van der Waals surface area contributed by atoms with Crippen LogP contribution in [-0.4, -0.2) is 38.8 Å². The van der Waals surface area contributed by atoms with Gasteiger partial charge in [0.1, 0.15) is 5.75 Å². The standard InChI is InChI=1S/C21H25ClN2O4S/c1-28-19-6-2-17(3-7-19)15-23-21(25)14-16-10-12-24(13-11-16)29(26,27)20-8-4-18(22)5-9-20/h2-9,16H,10-15H2,1H3,(H,23,25). The number of rotatable bonds is 7. The number of hydrogen-bond acceptors (Lipinski definition) is 4. The van der Waals surface area contributed by atoms with Gasteiger partial charge in [0.15, 0.2) is 0 Å². The monoisotopic (exact) mass is 436 g/mol. The van der Waals surface area contributed by atoms with Gasteiger partial charge in [-0.25, -0.2) is 8.42 Å². The fourth-order valence-corrected chi connectivity index (χ4v) is 4.98. The lowest BCUT2D eigenvalue weighted by Crippen LogP contribution is -2.39. The lowest BCUT2D eigenvalue weighted by atomic mass is 9.94. The SMILES string of the molecule is COc1ccc(CNC(=O)CC2CCN(S(=O)(=O)c3ccc(Cl)cc3)CC2)cc1. The second kappa shape index (κ2) is 9.61. The molecule has 1 aliphatic heterocycles. The highest BCUT2D eigenvalue weighted by atomic mass is 35.5. The molecule has 0 unspecified atom stereocenters. The van der Waals surface area contributed by atoms with Crippen molar-refractivity contribution in [3.63, 3.8) is 0 Å². The zero-order chi connectivity index (χ0) is 20.9. The number of carbonyl (C=O) groups is 1. The van der Waals surface area contributed by atoms with E-state index >= 15 is 0 Å². The molecule has 6 nitrogen and oxygen atoms in total. The normalized spacial score (nSPS) is 15.8. The third kappa shape index (κ3) is 5.72. The first-order chi connectivity index (χ1) is 13.9. The van der Waals surface area contributed by atoms with E-state index in [1.54, 1.807) is 19.2 Å². The topological polar surface area (TPSA) is 75.7 Å². The maximum atomic E-state index is 12.7. The molecule has 1 amide bonds. The summed E-state index contributed by atoms with van der Waals surface area (Å²) in [7, 11) is -1.90. The molecule has 0 radical (unpaired) electrons. The predicted octanol–water partition coefficient (Wildman–Crippen LogP) is 3.46. The molecule has 2 aromatic carbocycles. The predicted molar refractivity (Wildman–Crippen MR) is 112 cm³/mol. The maximum absolute atomic E-state index is 12.7. The highest BCUT2D eigenvalue weighted by Crippen LogP contribution is 2.26. The minimum Gasteiger partial charge on any atom is -0.497 e. The van der Waals surface area contributed by atoms with Crippen LogP contribution in [0.1, 0.15) is 24.8 Å². The zero-order valence-corrected chi connectivity index (χ0v) is 17.9. The van der Waals surface area contributed by atoms with Crippen molar-refractivity contribution < 1.29 is 17.9 Å². The molecule has 0 bridgehead atoms. The molecule has 0 spiro atoms.